The first-order valence-corrected chi connectivity index (χ1v) is 9.53. The van der Waals surface area contributed by atoms with Crippen molar-refractivity contribution in [2.75, 3.05) is 21.3 Å². The molecule has 0 spiro atoms. The second kappa shape index (κ2) is 7.28. The predicted molar refractivity (Wildman–Crippen MR) is 109 cm³/mol. The molecular formula is C23H26O6. The molecule has 0 aliphatic carbocycles. The summed E-state index contributed by atoms with van der Waals surface area (Å²) in [5.41, 5.74) is 2.10. The van der Waals surface area contributed by atoms with Gasteiger partial charge < -0.3 is 28.8 Å². The van der Waals surface area contributed by atoms with Crippen LogP contribution in [0.4, 0.5) is 0 Å². The molecular weight excluding hydrogens is 372 g/mol. The number of hydrogen-bond donors (Lipinski definition) is 1. The monoisotopic (exact) mass is 398 g/mol. The highest BCUT2D eigenvalue weighted by atomic mass is 16.6. The fourth-order valence-electron chi connectivity index (χ4n) is 4.02. The van der Waals surface area contributed by atoms with Crippen molar-refractivity contribution in [3.8, 4) is 23.0 Å². The largest absolute Gasteiger partial charge is 0.508 e. The average Bonchev–Trinajstić information content (AvgIpc) is 2.70. The van der Waals surface area contributed by atoms with Crippen LogP contribution in [0.5, 0.6) is 23.0 Å². The normalized spacial score (nSPS) is 24.1. The minimum absolute atomic E-state index is 0.195. The van der Waals surface area contributed by atoms with E-state index in [1.54, 1.807) is 33.5 Å². The smallest absolute Gasteiger partial charge is 0.153 e. The number of hydrogen-bond acceptors (Lipinski definition) is 6. The first-order chi connectivity index (χ1) is 13.9. The van der Waals surface area contributed by atoms with Crippen molar-refractivity contribution in [1.29, 1.82) is 0 Å². The summed E-state index contributed by atoms with van der Waals surface area (Å²) < 4.78 is 30.0. The first kappa shape index (κ1) is 19.6. The molecule has 0 saturated heterocycles. The van der Waals surface area contributed by atoms with Gasteiger partial charge in [0, 0.05) is 20.3 Å². The molecule has 6 heteroatoms. The van der Waals surface area contributed by atoms with Gasteiger partial charge in [0.2, 0.25) is 0 Å². The highest BCUT2D eigenvalue weighted by Gasteiger charge is 2.43. The van der Waals surface area contributed by atoms with E-state index < -0.39 is 23.9 Å². The zero-order valence-corrected chi connectivity index (χ0v) is 17.3. The molecule has 2 aliphatic rings. The number of phenols is 1. The Morgan fingerprint density at radius 1 is 1.00 bits per heavy atom. The Bertz CT molecular complexity index is 931. The molecule has 0 fully saturated rings. The Hall–Kier alpha value is -2.70. The van der Waals surface area contributed by atoms with Gasteiger partial charge in [0.05, 0.1) is 18.2 Å². The molecule has 29 heavy (non-hydrogen) atoms. The van der Waals surface area contributed by atoms with Gasteiger partial charge in [0.15, 0.2) is 6.10 Å². The van der Waals surface area contributed by atoms with Crippen LogP contribution in [0, 0.1) is 0 Å². The van der Waals surface area contributed by atoms with Crippen LogP contribution in [0.1, 0.15) is 42.7 Å². The highest BCUT2D eigenvalue weighted by molar-refractivity contribution is 5.72. The van der Waals surface area contributed by atoms with Crippen LogP contribution in [-0.4, -0.2) is 38.1 Å². The predicted octanol–water partition coefficient (Wildman–Crippen LogP) is 4.42. The van der Waals surface area contributed by atoms with Crippen molar-refractivity contribution in [3.05, 3.63) is 53.1 Å². The minimum Gasteiger partial charge on any atom is -0.508 e. The average molecular weight is 398 g/mol. The number of methoxy groups -OCH3 is 3. The Labute approximate surface area is 170 Å². The van der Waals surface area contributed by atoms with Crippen molar-refractivity contribution in [1.82, 2.24) is 0 Å². The third-order valence-corrected chi connectivity index (χ3v) is 5.39. The van der Waals surface area contributed by atoms with Crippen molar-refractivity contribution >= 4 is 6.08 Å². The Kier molecular flexibility index (Phi) is 4.92. The van der Waals surface area contributed by atoms with Gasteiger partial charge >= 0.3 is 0 Å². The molecule has 3 atom stereocenters. The molecule has 0 amide bonds. The summed E-state index contributed by atoms with van der Waals surface area (Å²) in [5, 5.41) is 9.65. The van der Waals surface area contributed by atoms with Crippen LogP contribution in [0.15, 0.2) is 36.4 Å². The van der Waals surface area contributed by atoms with Gasteiger partial charge in [0.1, 0.15) is 40.8 Å². The first-order valence-electron chi connectivity index (χ1n) is 9.53. The maximum Gasteiger partial charge on any atom is 0.153 e. The Morgan fingerprint density at radius 3 is 2.34 bits per heavy atom. The fourth-order valence-corrected chi connectivity index (χ4v) is 4.02. The van der Waals surface area contributed by atoms with E-state index >= 15 is 0 Å². The number of ether oxygens (including phenoxy) is 5. The molecule has 0 bridgehead atoms. The van der Waals surface area contributed by atoms with Crippen molar-refractivity contribution in [2.24, 2.45) is 0 Å². The number of fused-ring (bicyclic) bond motifs is 2. The molecule has 0 radical (unpaired) electrons. The van der Waals surface area contributed by atoms with E-state index in [-0.39, 0.29) is 5.75 Å². The van der Waals surface area contributed by atoms with E-state index in [4.69, 9.17) is 23.7 Å². The molecule has 2 aromatic rings. The minimum atomic E-state index is -0.424. The lowest BCUT2D eigenvalue weighted by Gasteiger charge is -2.40. The molecule has 0 aromatic heterocycles. The van der Waals surface area contributed by atoms with E-state index in [0.717, 1.165) is 16.7 Å². The van der Waals surface area contributed by atoms with Gasteiger partial charge in [-0.25, -0.2) is 0 Å². The van der Waals surface area contributed by atoms with Crippen LogP contribution >= 0.6 is 0 Å². The van der Waals surface area contributed by atoms with Crippen molar-refractivity contribution < 1.29 is 28.8 Å². The van der Waals surface area contributed by atoms with Gasteiger partial charge in [-0.1, -0.05) is 12.1 Å². The second-order valence-electron chi connectivity index (χ2n) is 7.76. The number of benzene rings is 2. The molecule has 2 aromatic carbocycles. The summed E-state index contributed by atoms with van der Waals surface area (Å²) in [6.07, 6.45) is 2.77. The third kappa shape index (κ3) is 3.32. The van der Waals surface area contributed by atoms with Crippen molar-refractivity contribution in [3.63, 3.8) is 0 Å². The summed E-state index contributed by atoms with van der Waals surface area (Å²) in [7, 11) is 4.91. The molecule has 4 rings (SSSR count). The lowest BCUT2D eigenvalue weighted by molar-refractivity contribution is -0.107. The third-order valence-electron chi connectivity index (χ3n) is 5.39. The summed E-state index contributed by atoms with van der Waals surface area (Å²) in [5.74, 6) is 2.18. The van der Waals surface area contributed by atoms with Crippen LogP contribution in [0.2, 0.25) is 0 Å². The molecule has 154 valence electrons. The molecule has 2 aliphatic heterocycles. The van der Waals surface area contributed by atoms with E-state index in [1.165, 1.54) is 0 Å². The number of phenolic OH excluding ortho intramolecular Hbond substituents is 1. The van der Waals surface area contributed by atoms with Crippen LogP contribution < -0.4 is 14.2 Å². The maximum atomic E-state index is 9.65. The van der Waals surface area contributed by atoms with Crippen LogP contribution in [0.25, 0.3) is 6.08 Å². The Balaban J connectivity index is 1.88. The number of rotatable bonds is 4. The summed E-state index contributed by atoms with van der Waals surface area (Å²) in [6, 6.07) is 8.80. The van der Waals surface area contributed by atoms with E-state index in [9.17, 15) is 5.11 Å². The highest BCUT2D eigenvalue weighted by Crippen LogP contribution is 2.53. The van der Waals surface area contributed by atoms with E-state index in [0.29, 0.717) is 17.2 Å². The second-order valence-corrected chi connectivity index (χ2v) is 7.76. The van der Waals surface area contributed by atoms with Gasteiger partial charge in [-0.3, -0.25) is 0 Å². The van der Waals surface area contributed by atoms with Gasteiger partial charge in [-0.05, 0) is 43.7 Å². The van der Waals surface area contributed by atoms with Crippen molar-refractivity contribution in [2.45, 2.75) is 37.8 Å². The van der Waals surface area contributed by atoms with E-state index in [1.807, 2.05) is 44.2 Å². The van der Waals surface area contributed by atoms with Gasteiger partial charge in [-0.15, -0.1) is 0 Å². The summed E-state index contributed by atoms with van der Waals surface area (Å²) in [4.78, 5) is 0. The molecule has 0 unspecified atom stereocenters. The lowest BCUT2D eigenvalue weighted by atomic mass is 9.88. The van der Waals surface area contributed by atoms with Gasteiger partial charge in [0.25, 0.3) is 0 Å². The number of aromatic hydroxyl groups is 1. The van der Waals surface area contributed by atoms with Gasteiger partial charge in [-0.2, -0.15) is 0 Å². The van der Waals surface area contributed by atoms with E-state index in [2.05, 4.69) is 0 Å². The Morgan fingerprint density at radius 2 is 1.72 bits per heavy atom. The quantitative estimate of drug-likeness (QED) is 0.822. The summed E-state index contributed by atoms with van der Waals surface area (Å²) >= 11 is 0. The summed E-state index contributed by atoms with van der Waals surface area (Å²) in [6.45, 7) is 3.99. The lowest BCUT2D eigenvalue weighted by Crippen LogP contribution is -2.37. The topological polar surface area (TPSA) is 66.4 Å². The molecule has 1 N–H and O–H groups in total. The molecule has 0 saturated carbocycles. The van der Waals surface area contributed by atoms with Crippen LogP contribution in [0.3, 0.4) is 0 Å². The fraction of sp³-hybridized carbons (Fsp3) is 0.391. The standard InChI is InChI=1S/C23H26O6/c1-23(2)11-10-15-16(29-23)12-17-18(20(15)25-3)21(26-4)22(27-5)19(28-17)13-6-8-14(24)9-7-13/h6-12,19,21-22,24H,1-5H3/t19-,21+,22-/m1/s1. The SMILES string of the molecule is COc1c2c(cc3c1[C@H](OC)[C@H](OC)[C@@H](c1ccc(O)cc1)O3)OC(C)(C)C=C2. The van der Waals surface area contributed by atoms with Crippen LogP contribution in [-0.2, 0) is 9.47 Å². The maximum absolute atomic E-state index is 9.65. The zero-order chi connectivity index (χ0) is 20.8. The molecule has 6 nitrogen and oxygen atoms in total. The molecule has 2 heterocycles. The zero-order valence-electron chi connectivity index (χ0n) is 17.3.